The molecule has 0 fully saturated rings. The van der Waals surface area contributed by atoms with Gasteiger partial charge in [0.05, 0.1) is 18.2 Å². The molecule has 0 atom stereocenters. The second kappa shape index (κ2) is 3.46. The molecule has 74 valence electrons. The van der Waals surface area contributed by atoms with Crippen molar-refractivity contribution in [1.82, 2.24) is 9.97 Å². The fourth-order valence-electron chi connectivity index (χ4n) is 1.38. The second-order valence-corrected chi connectivity index (χ2v) is 2.92. The number of fused-ring (bicyclic) bond motifs is 1. The number of nitrogens with one attached hydrogen (secondary N) is 1. The molecular formula is C11H8N2O2. The molecule has 0 unspecified atom stereocenters. The minimum absolute atomic E-state index is 0.404. The van der Waals surface area contributed by atoms with E-state index in [1.165, 1.54) is 7.11 Å². The summed E-state index contributed by atoms with van der Waals surface area (Å²) >= 11 is 0. The summed E-state index contributed by atoms with van der Waals surface area (Å²) in [6.07, 6.45) is 5.21. The van der Waals surface area contributed by atoms with Crippen LogP contribution in [0.2, 0.25) is 0 Å². The molecule has 0 radical (unpaired) electrons. The van der Waals surface area contributed by atoms with E-state index in [1.807, 2.05) is 0 Å². The highest BCUT2D eigenvalue weighted by molar-refractivity contribution is 6.01. The van der Waals surface area contributed by atoms with Gasteiger partial charge in [0.2, 0.25) is 0 Å². The van der Waals surface area contributed by atoms with Crippen molar-refractivity contribution in [1.29, 1.82) is 0 Å². The van der Waals surface area contributed by atoms with E-state index in [-0.39, 0.29) is 0 Å². The van der Waals surface area contributed by atoms with Crippen LogP contribution in [-0.2, 0) is 4.74 Å². The quantitative estimate of drug-likeness (QED) is 0.558. The third-order valence-electron chi connectivity index (χ3n) is 2.05. The fourth-order valence-corrected chi connectivity index (χ4v) is 1.38. The fraction of sp³-hybridized carbons (Fsp3) is 0.0909. The molecule has 1 aromatic carbocycles. The van der Waals surface area contributed by atoms with Gasteiger partial charge >= 0.3 is 5.97 Å². The van der Waals surface area contributed by atoms with E-state index in [9.17, 15) is 4.79 Å². The summed E-state index contributed by atoms with van der Waals surface area (Å²) in [6.45, 7) is 0. The Morgan fingerprint density at radius 1 is 1.60 bits per heavy atom. The van der Waals surface area contributed by atoms with Crippen molar-refractivity contribution in [2.45, 2.75) is 0 Å². The van der Waals surface area contributed by atoms with Gasteiger partial charge < -0.3 is 9.72 Å². The zero-order valence-electron chi connectivity index (χ0n) is 8.07. The monoisotopic (exact) mass is 200 g/mol. The summed E-state index contributed by atoms with van der Waals surface area (Å²) < 4.78 is 4.64. The van der Waals surface area contributed by atoms with Gasteiger partial charge in [-0.25, -0.2) is 9.78 Å². The van der Waals surface area contributed by atoms with Gasteiger partial charge in [-0.2, -0.15) is 0 Å². The van der Waals surface area contributed by atoms with E-state index in [0.29, 0.717) is 16.9 Å². The molecule has 0 aliphatic carbocycles. The van der Waals surface area contributed by atoms with E-state index in [2.05, 4.69) is 20.6 Å². The lowest BCUT2D eigenvalue weighted by Gasteiger charge is -1.98. The number of aromatic nitrogens is 2. The highest BCUT2D eigenvalue weighted by atomic mass is 16.5. The molecule has 0 bridgehead atoms. The van der Waals surface area contributed by atoms with E-state index < -0.39 is 5.97 Å². The molecule has 2 rings (SSSR count). The predicted octanol–water partition coefficient (Wildman–Crippen LogP) is 1.33. The second-order valence-electron chi connectivity index (χ2n) is 2.92. The number of nitrogens with zero attached hydrogens (tertiary/aromatic N) is 1. The Labute approximate surface area is 86.3 Å². The lowest BCUT2D eigenvalue weighted by Crippen LogP contribution is -2.01. The van der Waals surface area contributed by atoms with Crippen LogP contribution in [0.1, 0.15) is 16.2 Å². The number of methoxy groups -OCH3 is 1. The van der Waals surface area contributed by atoms with Crippen molar-refractivity contribution in [3.8, 4) is 12.3 Å². The first-order valence-electron chi connectivity index (χ1n) is 4.30. The highest BCUT2D eigenvalue weighted by Crippen LogP contribution is 2.16. The molecule has 2 aromatic rings. The van der Waals surface area contributed by atoms with Crippen LogP contribution in [0.25, 0.3) is 11.0 Å². The predicted molar refractivity (Wildman–Crippen MR) is 55.4 cm³/mol. The number of terminal acetylenes is 1. The Kier molecular flexibility index (Phi) is 2.14. The van der Waals surface area contributed by atoms with Crippen LogP contribution < -0.4 is 0 Å². The summed E-state index contributed by atoms with van der Waals surface area (Å²) in [4.78, 5) is 18.4. The number of aromatic amines is 1. The van der Waals surface area contributed by atoms with Crippen LogP contribution in [0.15, 0.2) is 18.2 Å². The summed E-state index contributed by atoms with van der Waals surface area (Å²) in [5.74, 6) is 2.37. The Morgan fingerprint density at radius 2 is 2.40 bits per heavy atom. The maximum atomic E-state index is 11.4. The molecule has 0 spiro atoms. The highest BCUT2D eigenvalue weighted by Gasteiger charge is 2.12. The number of carbonyl (C=O) groups is 1. The maximum absolute atomic E-state index is 11.4. The van der Waals surface area contributed by atoms with Gasteiger partial charge in [-0.3, -0.25) is 0 Å². The summed E-state index contributed by atoms with van der Waals surface area (Å²) in [5.41, 5.74) is 1.68. The smallest absolute Gasteiger partial charge is 0.340 e. The molecule has 0 saturated carbocycles. The first-order valence-corrected chi connectivity index (χ1v) is 4.30. The molecular weight excluding hydrogens is 192 g/mol. The van der Waals surface area contributed by atoms with Crippen molar-refractivity contribution in [2.24, 2.45) is 0 Å². The Morgan fingerprint density at radius 3 is 3.07 bits per heavy atom. The molecule has 0 aliphatic rings. The first kappa shape index (κ1) is 9.28. The van der Waals surface area contributed by atoms with Gasteiger partial charge in [0, 0.05) is 0 Å². The molecule has 0 amide bonds. The van der Waals surface area contributed by atoms with E-state index >= 15 is 0 Å². The number of esters is 1. The number of imidazole rings is 1. The van der Waals surface area contributed by atoms with Crippen molar-refractivity contribution in [3.63, 3.8) is 0 Å². The molecule has 1 N–H and O–H groups in total. The van der Waals surface area contributed by atoms with E-state index in [0.717, 1.165) is 5.52 Å². The first-order chi connectivity index (χ1) is 7.26. The van der Waals surface area contributed by atoms with E-state index in [4.69, 9.17) is 6.42 Å². The largest absolute Gasteiger partial charge is 0.465 e. The Bertz CT molecular complexity index is 563. The zero-order valence-corrected chi connectivity index (χ0v) is 8.07. The van der Waals surface area contributed by atoms with Crippen LogP contribution in [-0.4, -0.2) is 23.0 Å². The molecule has 4 nitrogen and oxygen atoms in total. The molecule has 0 aliphatic heterocycles. The number of rotatable bonds is 1. The Hall–Kier alpha value is -2.28. The topological polar surface area (TPSA) is 55.0 Å². The minimum atomic E-state index is -0.421. The van der Waals surface area contributed by atoms with Crippen LogP contribution in [0, 0.1) is 12.3 Å². The average molecular weight is 200 g/mol. The molecule has 15 heavy (non-hydrogen) atoms. The van der Waals surface area contributed by atoms with Gasteiger partial charge in [0.25, 0.3) is 0 Å². The van der Waals surface area contributed by atoms with Gasteiger partial charge in [-0.15, -0.1) is 6.42 Å². The van der Waals surface area contributed by atoms with Crippen molar-refractivity contribution >= 4 is 17.0 Å². The molecule has 0 saturated heterocycles. The zero-order chi connectivity index (χ0) is 10.8. The van der Waals surface area contributed by atoms with Crippen LogP contribution in [0.4, 0.5) is 0 Å². The third kappa shape index (κ3) is 1.44. The third-order valence-corrected chi connectivity index (χ3v) is 2.05. The number of ether oxygens (including phenoxy) is 1. The number of H-pyrrole nitrogens is 1. The van der Waals surface area contributed by atoms with Crippen molar-refractivity contribution in [2.75, 3.05) is 7.11 Å². The summed E-state index contributed by atoms with van der Waals surface area (Å²) in [5, 5.41) is 0. The standard InChI is InChI=1S/C11H8N2O2/c1-3-9-12-8-6-4-5-7(10(8)13-9)11(14)15-2/h1,4-6H,2H3,(H,12,13). The number of para-hydroxylation sites is 1. The lowest BCUT2D eigenvalue weighted by atomic mass is 10.2. The minimum Gasteiger partial charge on any atom is -0.465 e. The van der Waals surface area contributed by atoms with Crippen molar-refractivity contribution < 1.29 is 9.53 Å². The number of hydrogen-bond acceptors (Lipinski definition) is 3. The number of hydrogen-bond donors (Lipinski definition) is 1. The lowest BCUT2D eigenvalue weighted by molar-refractivity contribution is 0.0603. The van der Waals surface area contributed by atoms with Crippen LogP contribution in [0.3, 0.4) is 0 Å². The normalized spacial score (nSPS) is 9.87. The Balaban J connectivity index is 2.71. The van der Waals surface area contributed by atoms with Gasteiger partial charge in [-0.1, -0.05) is 6.07 Å². The molecule has 4 heteroatoms. The summed E-state index contributed by atoms with van der Waals surface area (Å²) in [7, 11) is 1.33. The van der Waals surface area contributed by atoms with Gasteiger partial charge in [0.1, 0.15) is 5.52 Å². The van der Waals surface area contributed by atoms with Crippen LogP contribution >= 0.6 is 0 Å². The molecule has 1 aromatic heterocycles. The van der Waals surface area contributed by atoms with E-state index in [1.54, 1.807) is 18.2 Å². The van der Waals surface area contributed by atoms with Gasteiger partial charge in [-0.05, 0) is 18.1 Å². The maximum Gasteiger partial charge on any atom is 0.340 e. The van der Waals surface area contributed by atoms with Crippen molar-refractivity contribution in [3.05, 3.63) is 29.6 Å². The number of benzene rings is 1. The van der Waals surface area contributed by atoms with Crippen LogP contribution in [0.5, 0.6) is 0 Å². The summed E-state index contributed by atoms with van der Waals surface area (Å²) in [6, 6.07) is 5.19. The number of carbonyl (C=O) groups excluding carboxylic acids is 1. The molecule has 1 heterocycles. The van der Waals surface area contributed by atoms with Gasteiger partial charge in [0.15, 0.2) is 5.82 Å². The SMILES string of the molecule is C#Cc1nc2c(C(=O)OC)cccc2[nH]1. The average Bonchev–Trinajstić information content (AvgIpc) is 2.70.